The van der Waals surface area contributed by atoms with E-state index in [1.165, 1.54) is 43.8 Å². The number of benzene rings is 4. The second kappa shape index (κ2) is 6.23. The molecule has 1 aliphatic carbocycles. The van der Waals surface area contributed by atoms with E-state index in [1.54, 1.807) is 0 Å². The number of rotatable bonds is 0. The highest BCUT2D eigenvalue weighted by Crippen LogP contribution is 2.57. The zero-order chi connectivity index (χ0) is 19.4. The van der Waals surface area contributed by atoms with Crippen LogP contribution < -0.4 is 0 Å². The van der Waals surface area contributed by atoms with E-state index in [4.69, 9.17) is 0 Å². The minimum atomic E-state index is -0.176. The largest absolute Gasteiger partial charge is 0.124 e. The van der Waals surface area contributed by atoms with Gasteiger partial charge in [0.2, 0.25) is 0 Å². The predicted octanol–water partition coefficient (Wildman–Crippen LogP) is 7.17. The molecule has 1 aliphatic heterocycles. The van der Waals surface area contributed by atoms with Crippen molar-refractivity contribution < 1.29 is 0 Å². The van der Waals surface area contributed by atoms with Crippen molar-refractivity contribution in [3.63, 3.8) is 0 Å². The Kier molecular flexibility index (Phi) is 3.63. The average molecular weight is 389 g/mol. The molecule has 29 heavy (non-hydrogen) atoms. The van der Waals surface area contributed by atoms with Gasteiger partial charge in [0.15, 0.2) is 0 Å². The van der Waals surface area contributed by atoms with Gasteiger partial charge in [-0.3, -0.25) is 0 Å². The SMILES string of the molecule is C=C1c2ccccc2SCC2(c3ccccc31)c1ccccc1-c1ccccc12. The molecule has 0 N–H and O–H groups in total. The van der Waals surface area contributed by atoms with Crippen LogP contribution in [0.15, 0.2) is 109 Å². The van der Waals surface area contributed by atoms with E-state index in [0.29, 0.717) is 0 Å². The molecule has 1 heterocycles. The maximum absolute atomic E-state index is 4.55. The maximum atomic E-state index is 4.55. The summed E-state index contributed by atoms with van der Waals surface area (Å²) in [5.41, 5.74) is 10.4. The van der Waals surface area contributed by atoms with Crippen molar-refractivity contribution in [1.82, 2.24) is 0 Å². The second-order valence-electron chi connectivity index (χ2n) is 7.81. The van der Waals surface area contributed by atoms with Crippen molar-refractivity contribution in [3.05, 3.63) is 131 Å². The molecule has 0 atom stereocenters. The molecule has 6 rings (SSSR count). The summed E-state index contributed by atoms with van der Waals surface area (Å²) in [4.78, 5) is 1.31. The first-order valence-corrected chi connectivity index (χ1v) is 11.0. The summed E-state index contributed by atoms with van der Waals surface area (Å²) in [6.45, 7) is 4.55. The molecule has 1 spiro atoms. The molecule has 0 aromatic heterocycles. The van der Waals surface area contributed by atoms with Crippen molar-refractivity contribution in [2.75, 3.05) is 5.75 Å². The predicted molar refractivity (Wildman–Crippen MR) is 124 cm³/mol. The lowest BCUT2D eigenvalue weighted by atomic mass is 9.71. The molecule has 0 saturated carbocycles. The quantitative estimate of drug-likeness (QED) is 0.308. The Balaban J connectivity index is 1.74. The standard InChI is InChI=1S/C28H20S/c1-19-20-10-2-6-14-24(20)28(18-29-27-17-9-5-11-21(19)27)25-15-7-3-12-22(25)23-13-4-8-16-26(23)28/h2-17H,1,18H2. The minimum Gasteiger partial charge on any atom is -0.124 e. The van der Waals surface area contributed by atoms with Crippen LogP contribution in [0.2, 0.25) is 0 Å². The van der Waals surface area contributed by atoms with Gasteiger partial charge in [-0.15, -0.1) is 11.8 Å². The van der Waals surface area contributed by atoms with Crippen LogP contribution >= 0.6 is 11.8 Å². The molecule has 4 aromatic carbocycles. The lowest BCUT2D eigenvalue weighted by molar-refractivity contribution is 0.723. The first kappa shape index (κ1) is 16.9. The highest BCUT2D eigenvalue weighted by Gasteiger charge is 2.46. The highest BCUT2D eigenvalue weighted by molar-refractivity contribution is 7.99. The third-order valence-electron chi connectivity index (χ3n) is 6.43. The average Bonchev–Trinajstić information content (AvgIpc) is 3.08. The van der Waals surface area contributed by atoms with Crippen LogP contribution in [0.3, 0.4) is 0 Å². The van der Waals surface area contributed by atoms with Gasteiger partial charge in [-0.2, -0.15) is 0 Å². The van der Waals surface area contributed by atoms with Crippen LogP contribution in [0.4, 0.5) is 0 Å². The van der Waals surface area contributed by atoms with Gasteiger partial charge >= 0.3 is 0 Å². The van der Waals surface area contributed by atoms with Crippen LogP contribution in [0.25, 0.3) is 16.7 Å². The summed E-state index contributed by atoms with van der Waals surface area (Å²) in [6.07, 6.45) is 0. The lowest BCUT2D eigenvalue weighted by Gasteiger charge is -2.36. The normalized spacial score (nSPS) is 15.7. The highest BCUT2D eigenvalue weighted by atomic mass is 32.2. The van der Waals surface area contributed by atoms with Gasteiger partial charge in [0.25, 0.3) is 0 Å². The topological polar surface area (TPSA) is 0 Å². The Morgan fingerprint density at radius 3 is 1.62 bits per heavy atom. The second-order valence-corrected chi connectivity index (χ2v) is 8.82. The summed E-state index contributed by atoms with van der Waals surface area (Å²) in [6, 6.07) is 35.4. The van der Waals surface area contributed by atoms with Crippen molar-refractivity contribution in [2.45, 2.75) is 10.3 Å². The van der Waals surface area contributed by atoms with E-state index in [-0.39, 0.29) is 5.41 Å². The zero-order valence-electron chi connectivity index (χ0n) is 16.1. The monoisotopic (exact) mass is 388 g/mol. The molecule has 0 bridgehead atoms. The van der Waals surface area contributed by atoms with Gasteiger partial charge in [-0.1, -0.05) is 97.6 Å². The maximum Gasteiger partial charge on any atom is 0.0563 e. The van der Waals surface area contributed by atoms with E-state index >= 15 is 0 Å². The van der Waals surface area contributed by atoms with Gasteiger partial charge in [0.05, 0.1) is 5.41 Å². The summed E-state index contributed by atoms with van der Waals surface area (Å²) in [7, 11) is 0. The smallest absolute Gasteiger partial charge is 0.0563 e. The Hall–Kier alpha value is -3.03. The van der Waals surface area contributed by atoms with Crippen molar-refractivity contribution in [2.24, 2.45) is 0 Å². The molecule has 0 saturated heterocycles. The molecule has 0 amide bonds. The molecule has 1 heteroatoms. The number of fused-ring (bicyclic) bond motifs is 8. The Bertz CT molecular complexity index is 1240. The first-order valence-electron chi connectivity index (χ1n) is 10.0. The minimum absolute atomic E-state index is 0.176. The molecule has 2 aliphatic rings. The van der Waals surface area contributed by atoms with E-state index < -0.39 is 0 Å². The van der Waals surface area contributed by atoms with Crippen LogP contribution in [0.1, 0.15) is 27.8 Å². The number of hydrogen-bond donors (Lipinski definition) is 0. The molecule has 0 nitrogen and oxygen atoms in total. The first-order chi connectivity index (χ1) is 14.3. The van der Waals surface area contributed by atoms with Gasteiger partial charge < -0.3 is 0 Å². The van der Waals surface area contributed by atoms with Gasteiger partial charge in [0, 0.05) is 10.6 Å². The lowest BCUT2D eigenvalue weighted by Crippen LogP contribution is -2.32. The molecule has 138 valence electrons. The van der Waals surface area contributed by atoms with E-state index in [0.717, 1.165) is 11.3 Å². The fraction of sp³-hybridized carbons (Fsp3) is 0.0714. The molecular weight excluding hydrogens is 368 g/mol. The van der Waals surface area contributed by atoms with Crippen LogP contribution in [0, 0.1) is 0 Å². The Morgan fingerprint density at radius 1 is 0.552 bits per heavy atom. The molecule has 0 radical (unpaired) electrons. The summed E-state index contributed by atoms with van der Waals surface area (Å²) in [5.74, 6) is 0.975. The van der Waals surface area contributed by atoms with Crippen LogP contribution in [-0.4, -0.2) is 5.75 Å². The zero-order valence-corrected chi connectivity index (χ0v) is 16.9. The number of hydrogen-bond acceptors (Lipinski definition) is 1. The Morgan fingerprint density at radius 2 is 1.00 bits per heavy atom. The Labute approximate surface area is 175 Å². The molecular formula is C28H20S. The third-order valence-corrected chi connectivity index (χ3v) is 7.68. The van der Waals surface area contributed by atoms with Crippen molar-refractivity contribution in [3.8, 4) is 11.1 Å². The van der Waals surface area contributed by atoms with Crippen LogP contribution in [0.5, 0.6) is 0 Å². The van der Waals surface area contributed by atoms with Crippen molar-refractivity contribution >= 4 is 17.3 Å². The number of thioether (sulfide) groups is 1. The van der Waals surface area contributed by atoms with Crippen molar-refractivity contribution in [1.29, 1.82) is 0 Å². The van der Waals surface area contributed by atoms with E-state index in [2.05, 4.69) is 104 Å². The summed E-state index contributed by atoms with van der Waals surface area (Å²) in [5, 5.41) is 0. The summed E-state index contributed by atoms with van der Waals surface area (Å²) < 4.78 is 0. The molecule has 0 unspecified atom stereocenters. The molecule has 4 aromatic rings. The van der Waals surface area contributed by atoms with Gasteiger partial charge in [-0.05, 0) is 50.6 Å². The van der Waals surface area contributed by atoms with E-state index in [1.807, 2.05) is 11.8 Å². The fourth-order valence-electron chi connectivity index (χ4n) is 5.14. The van der Waals surface area contributed by atoms with E-state index in [9.17, 15) is 0 Å². The van der Waals surface area contributed by atoms with Gasteiger partial charge in [0.1, 0.15) is 0 Å². The van der Waals surface area contributed by atoms with Crippen LogP contribution in [-0.2, 0) is 5.41 Å². The summed E-state index contributed by atoms with van der Waals surface area (Å²) >= 11 is 1.95. The van der Waals surface area contributed by atoms with Gasteiger partial charge in [-0.25, -0.2) is 0 Å². The molecule has 0 fully saturated rings. The fourth-order valence-corrected chi connectivity index (χ4v) is 6.50. The third kappa shape index (κ3) is 2.22.